The van der Waals surface area contributed by atoms with Crippen LogP contribution in [0.1, 0.15) is 34.0 Å². The van der Waals surface area contributed by atoms with Crippen LogP contribution in [-0.2, 0) is 12.8 Å². The second-order valence-electron chi connectivity index (χ2n) is 5.15. The highest BCUT2D eigenvalue weighted by molar-refractivity contribution is 6.03. The average molecular weight is 268 g/mol. The van der Waals surface area contributed by atoms with Gasteiger partial charge in [0.15, 0.2) is 5.78 Å². The van der Waals surface area contributed by atoms with Crippen molar-refractivity contribution >= 4 is 5.78 Å². The molecule has 3 nitrogen and oxygen atoms in total. The van der Waals surface area contributed by atoms with E-state index in [1.807, 2.05) is 25.1 Å². The number of hydrogen-bond acceptors (Lipinski definition) is 3. The predicted molar refractivity (Wildman–Crippen MR) is 76.8 cm³/mol. The molecule has 0 saturated carbocycles. The molecule has 20 heavy (non-hydrogen) atoms. The highest BCUT2D eigenvalue weighted by Gasteiger charge is 2.24. The van der Waals surface area contributed by atoms with Crippen LogP contribution in [0.25, 0.3) is 0 Å². The van der Waals surface area contributed by atoms with Crippen molar-refractivity contribution in [3.8, 4) is 17.2 Å². The zero-order chi connectivity index (χ0) is 14.3. The Bertz CT molecular complexity index is 702. The summed E-state index contributed by atoms with van der Waals surface area (Å²) < 4.78 is 5.85. The van der Waals surface area contributed by atoms with E-state index in [9.17, 15) is 9.90 Å². The van der Waals surface area contributed by atoms with Crippen LogP contribution in [0.2, 0.25) is 0 Å². The summed E-state index contributed by atoms with van der Waals surface area (Å²) >= 11 is 0. The Balaban J connectivity index is 2.16. The molecule has 0 bridgehead atoms. The summed E-state index contributed by atoms with van der Waals surface area (Å²) in [6, 6.07) is 9.28. The van der Waals surface area contributed by atoms with Gasteiger partial charge in [-0.3, -0.25) is 4.79 Å². The van der Waals surface area contributed by atoms with Crippen LogP contribution >= 0.6 is 0 Å². The molecule has 2 aromatic carbocycles. The second kappa shape index (κ2) is 4.67. The lowest BCUT2D eigenvalue weighted by molar-refractivity contribution is 0.0991. The van der Waals surface area contributed by atoms with Gasteiger partial charge in [-0.2, -0.15) is 0 Å². The van der Waals surface area contributed by atoms with Gasteiger partial charge in [0.25, 0.3) is 0 Å². The van der Waals surface area contributed by atoms with Crippen LogP contribution in [-0.4, -0.2) is 10.9 Å². The number of hydrogen-bond donors (Lipinski definition) is 1. The minimum absolute atomic E-state index is 0.00600. The molecule has 1 aliphatic rings. The van der Waals surface area contributed by atoms with Gasteiger partial charge in [0.05, 0.1) is 0 Å². The van der Waals surface area contributed by atoms with Gasteiger partial charge >= 0.3 is 0 Å². The lowest BCUT2D eigenvalue weighted by atomic mass is 9.99. The van der Waals surface area contributed by atoms with E-state index in [1.54, 1.807) is 12.1 Å². The zero-order valence-electron chi connectivity index (χ0n) is 11.6. The number of rotatable bonds is 1. The van der Waals surface area contributed by atoms with Crippen molar-refractivity contribution in [3.05, 3.63) is 52.6 Å². The summed E-state index contributed by atoms with van der Waals surface area (Å²) in [4.78, 5) is 12.4. The Morgan fingerprint density at radius 1 is 1.20 bits per heavy atom. The van der Waals surface area contributed by atoms with Gasteiger partial charge in [0.2, 0.25) is 0 Å². The fraction of sp³-hybridized carbons (Fsp3) is 0.235. The first-order valence-electron chi connectivity index (χ1n) is 6.75. The maximum atomic E-state index is 12.4. The summed E-state index contributed by atoms with van der Waals surface area (Å²) in [6.45, 7) is 3.94. The lowest BCUT2D eigenvalue weighted by Crippen LogP contribution is -2.02. The first-order valence-corrected chi connectivity index (χ1v) is 6.75. The molecule has 102 valence electrons. The van der Waals surface area contributed by atoms with Crippen LogP contribution in [0.5, 0.6) is 17.2 Å². The van der Waals surface area contributed by atoms with Crippen LogP contribution in [0, 0.1) is 6.92 Å². The van der Waals surface area contributed by atoms with Gasteiger partial charge in [0.1, 0.15) is 22.8 Å². The third-order valence-corrected chi connectivity index (χ3v) is 3.61. The minimum Gasteiger partial charge on any atom is -0.507 e. The van der Waals surface area contributed by atoms with Gasteiger partial charge in [-0.25, -0.2) is 0 Å². The first-order chi connectivity index (χ1) is 9.58. The smallest absolute Gasteiger partial charge is 0.174 e. The van der Waals surface area contributed by atoms with Crippen molar-refractivity contribution in [2.24, 2.45) is 0 Å². The van der Waals surface area contributed by atoms with E-state index in [2.05, 4.69) is 6.92 Å². The number of phenolic OH excluding ortho intramolecular Hbond substituents is 1. The number of phenols is 1. The van der Waals surface area contributed by atoms with Crippen LogP contribution in [0.4, 0.5) is 0 Å². The number of ketones is 1. The van der Waals surface area contributed by atoms with Gasteiger partial charge in [-0.05, 0) is 42.7 Å². The largest absolute Gasteiger partial charge is 0.507 e. The molecule has 1 N–H and O–H groups in total. The van der Waals surface area contributed by atoms with Crippen molar-refractivity contribution in [2.45, 2.75) is 26.7 Å². The van der Waals surface area contributed by atoms with Crippen molar-refractivity contribution in [3.63, 3.8) is 0 Å². The van der Waals surface area contributed by atoms with Gasteiger partial charge < -0.3 is 9.84 Å². The molecule has 0 saturated heterocycles. The van der Waals surface area contributed by atoms with Gasteiger partial charge in [-0.15, -0.1) is 0 Å². The van der Waals surface area contributed by atoms with Crippen molar-refractivity contribution in [1.82, 2.24) is 0 Å². The number of ether oxygens (including phenoxy) is 1. The van der Waals surface area contributed by atoms with Gasteiger partial charge in [0, 0.05) is 12.0 Å². The summed E-state index contributed by atoms with van der Waals surface area (Å²) in [5.74, 6) is 1.02. The number of Topliss-reactive ketones (excluding diaryl/α,β-unsaturated/α-hetero) is 1. The fourth-order valence-electron chi connectivity index (χ4n) is 2.57. The topological polar surface area (TPSA) is 46.5 Å². The van der Waals surface area contributed by atoms with Crippen molar-refractivity contribution in [2.75, 3.05) is 0 Å². The van der Waals surface area contributed by atoms with E-state index >= 15 is 0 Å². The number of carbonyl (C=O) groups is 1. The lowest BCUT2D eigenvalue weighted by Gasteiger charge is -2.10. The molecule has 0 aromatic heterocycles. The number of carbonyl (C=O) groups excluding carboxylic acids is 1. The highest BCUT2D eigenvalue weighted by Crippen LogP contribution is 2.38. The van der Waals surface area contributed by atoms with Crippen LogP contribution in [0.3, 0.4) is 0 Å². The van der Waals surface area contributed by atoms with E-state index in [0.29, 0.717) is 11.5 Å². The first kappa shape index (κ1) is 12.7. The molecule has 0 atom stereocenters. The molecular weight excluding hydrogens is 252 g/mol. The standard InChI is InChI=1S/C17H16O3/c1-3-11-4-5-15-12(8-11)9-14(19)17-13(18)6-10(2)7-16(17)20-15/h4-8,18H,3,9H2,1-2H3. The predicted octanol–water partition coefficient (Wildman–Crippen LogP) is 3.79. The summed E-state index contributed by atoms with van der Waals surface area (Å²) in [5, 5.41) is 10.0. The summed E-state index contributed by atoms with van der Waals surface area (Å²) in [7, 11) is 0. The summed E-state index contributed by atoms with van der Waals surface area (Å²) in [6.07, 6.45) is 1.17. The molecule has 0 unspecified atom stereocenters. The Kier molecular flexibility index (Phi) is 2.97. The highest BCUT2D eigenvalue weighted by atomic mass is 16.5. The molecule has 3 heteroatoms. The molecule has 0 aliphatic carbocycles. The van der Waals surface area contributed by atoms with Crippen molar-refractivity contribution in [1.29, 1.82) is 0 Å². The second-order valence-corrected chi connectivity index (χ2v) is 5.15. The van der Waals surface area contributed by atoms with E-state index in [-0.39, 0.29) is 23.5 Å². The van der Waals surface area contributed by atoms with Gasteiger partial charge in [-0.1, -0.05) is 19.1 Å². The molecule has 2 aromatic rings. The molecule has 1 heterocycles. The summed E-state index contributed by atoms with van der Waals surface area (Å²) in [5.41, 5.74) is 3.20. The van der Waals surface area contributed by atoms with Crippen LogP contribution in [0.15, 0.2) is 30.3 Å². The third-order valence-electron chi connectivity index (χ3n) is 3.61. The van der Waals surface area contributed by atoms with Crippen LogP contribution < -0.4 is 4.74 Å². The Labute approximate surface area is 117 Å². The van der Waals surface area contributed by atoms with E-state index in [4.69, 9.17) is 4.74 Å². The fourth-order valence-corrected chi connectivity index (χ4v) is 2.57. The maximum absolute atomic E-state index is 12.4. The molecule has 1 aliphatic heterocycles. The number of benzene rings is 2. The average Bonchev–Trinajstić information content (AvgIpc) is 2.52. The van der Waals surface area contributed by atoms with Crippen molar-refractivity contribution < 1.29 is 14.6 Å². The molecule has 3 rings (SSSR count). The molecule has 0 fully saturated rings. The zero-order valence-corrected chi connectivity index (χ0v) is 11.6. The number of fused-ring (bicyclic) bond motifs is 2. The monoisotopic (exact) mass is 268 g/mol. The van der Waals surface area contributed by atoms with E-state index < -0.39 is 0 Å². The van der Waals surface area contributed by atoms with E-state index in [1.165, 1.54) is 5.56 Å². The minimum atomic E-state index is -0.107. The quantitative estimate of drug-likeness (QED) is 0.855. The maximum Gasteiger partial charge on any atom is 0.174 e. The Hall–Kier alpha value is -2.29. The third kappa shape index (κ3) is 2.05. The number of aromatic hydroxyl groups is 1. The SMILES string of the molecule is CCc1ccc2c(c1)CC(=O)c1c(O)cc(C)cc1O2. The number of aryl methyl sites for hydroxylation is 2. The molecule has 0 radical (unpaired) electrons. The molecular formula is C17H16O3. The molecule has 0 spiro atoms. The van der Waals surface area contributed by atoms with E-state index in [0.717, 1.165) is 17.5 Å². The normalized spacial score (nSPS) is 13.2. The molecule has 0 amide bonds. The Morgan fingerprint density at radius 2 is 2.00 bits per heavy atom. The Morgan fingerprint density at radius 3 is 2.75 bits per heavy atom.